The summed E-state index contributed by atoms with van der Waals surface area (Å²) in [6.45, 7) is 3.91. The number of nitrogens with one attached hydrogen (secondary N) is 1. The Balaban J connectivity index is 1.43. The minimum Gasteiger partial charge on any atom is -0.384 e. The minimum atomic E-state index is -0.0340. The molecular weight excluding hydrogens is 376 g/mol. The fourth-order valence-corrected chi connectivity index (χ4v) is 5.67. The van der Waals surface area contributed by atoms with Crippen molar-refractivity contribution in [2.45, 2.75) is 51.5 Å². The van der Waals surface area contributed by atoms with Crippen LogP contribution in [0.2, 0.25) is 0 Å². The molecule has 152 valence electrons. The molecule has 1 spiro atoms. The summed E-state index contributed by atoms with van der Waals surface area (Å²) in [6.07, 6.45) is 7.52. The number of amides is 2. The molecule has 7 nitrogen and oxygen atoms in total. The first-order chi connectivity index (χ1) is 13.5. The first-order valence-electron chi connectivity index (χ1n) is 10.0. The topological polar surface area (TPSA) is 75.9 Å². The predicted octanol–water partition coefficient (Wildman–Crippen LogP) is 2.63. The Labute approximate surface area is 169 Å². The molecule has 2 amide bonds. The number of carbonyl (C=O) groups excluding carboxylic acids is 2. The molecular formula is C20H28N4O3S. The van der Waals surface area contributed by atoms with Crippen molar-refractivity contribution >= 4 is 28.1 Å². The normalized spacial score (nSPS) is 21.5. The molecule has 4 rings (SSSR count). The molecule has 1 saturated heterocycles. The van der Waals surface area contributed by atoms with Gasteiger partial charge in [0.2, 0.25) is 5.91 Å². The van der Waals surface area contributed by atoms with Crippen LogP contribution in [-0.4, -0.2) is 58.9 Å². The maximum Gasteiger partial charge on any atom is 0.270 e. The van der Waals surface area contributed by atoms with Gasteiger partial charge in [0.15, 0.2) is 4.96 Å². The highest BCUT2D eigenvalue weighted by molar-refractivity contribution is 7.15. The van der Waals surface area contributed by atoms with Gasteiger partial charge >= 0.3 is 0 Å². The fraction of sp³-hybridized carbons (Fsp3) is 0.650. The number of hydrogen-bond acceptors (Lipinski definition) is 5. The molecule has 0 aromatic carbocycles. The van der Waals surface area contributed by atoms with E-state index in [9.17, 15) is 9.59 Å². The molecule has 0 radical (unpaired) electrons. The van der Waals surface area contributed by atoms with Crippen molar-refractivity contribution in [3.8, 4) is 0 Å². The SMILES string of the molecule is COCCC(=O)N1CCC2(CCCC2NC(=O)c2c(C)nc3sccn23)CC1. The van der Waals surface area contributed by atoms with Crippen LogP contribution in [0.5, 0.6) is 0 Å². The minimum absolute atomic E-state index is 0.0340. The van der Waals surface area contributed by atoms with E-state index in [0.29, 0.717) is 18.7 Å². The van der Waals surface area contributed by atoms with Gasteiger partial charge in [-0.2, -0.15) is 0 Å². The molecule has 2 aromatic rings. The lowest BCUT2D eigenvalue weighted by Crippen LogP contribution is -2.51. The maximum absolute atomic E-state index is 13.1. The molecule has 0 bridgehead atoms. The summed E-state index contributed by atoms with van der Waals surface area (Å²) in [5.74, 6) is 0.137. The number of nitrogens with zero attached hydrogens (tertiary/aromatic N) is 3. The number of ether oxygens (including phenoxy) is 1. The van der Waals surface area contributed by atoms with Gasteiger partial charge < -0.3 is 15.0 Å². The van der Waals surface area contributed by atoms with Crippen molar-refractivity contribution in [3.05, 3.63) is 23.0 Å². The maximum atomic E-state index is 13.1. The Morgan fingerprint density at radius 1 is 1.36 bits per heavy atom. The van der Waals surface area contributed by atoms with E-state index in [1.807, 2.05) is 27.8 Å². The van der Waals surface area contributed by atoms with E-state index in [2.05, 4.69) is 10.3 Å². The number of fused-ring (bicyclic) bond motifs is 1. The van der Waals surface area contributed by atoms with Crippen LogP contribution in [0.3, 0.4) is 0 Å². The third-order valence-electron chi connectivity index (χ3n) is 6.50. The average molecular weight is 405 g/mol. The van der Waals surface area contributed by atoms with E-state index < -0.39 is 0 Å². The highest BCUT2D eigenvalue weighted by Crippen LogP contribution is 2.46. The van der Waals surface area contributed by atoms with Crippen LogP contribution in [0.15, 0.2) is 11.6 Å². The second kappa shape index (κ2) is 7.83. The van der Waals surface area contributed by atoms with Crippen LogP contribution in [0.25, 0.3) is 4.96 Å². The first-order valence-corrected chi connectivity index (χ1v) is 10.9. The molecule has 3 heterocycles. The number of piperidine rings is 1. The van der Waals surface area contributed by atoms with E-state index in [0.717, 1.165) is 55.8 Å². The molecule has 1 aliphatic carbocycles. The van der Waals surface area contributed by atoms with Crippen molar-refractivity contribution in [2.75, 3.05) is 26.8 Å². The van der Waals surface area contributed by atoms with Gasteiger partial charge in [-0.15, -0.1) is 11.3 Å². The van der Waals surface area contributed by atoms with Gasteiger partial charge in [0.25, 0.3) is 5.91 Å². The van der Waals surface area contributed by atoms with Crippen molar-refractivity contribution in [1.82, 2.24) is 19.6 Å². The zero-order valence-corrected chi connectivity index (χ0v) is 17.4. The van der Waals surface area contributed by atoms with E-state index in [1.165, 1.54) is 11.3 Å². The first kappa shape index (κ1) is 19.4. The number of methoxy groups -OCH3 is 1. The lowest BCUT2D eigenvalue weighted by molar-refractivity contribution is -0.134. The summed E-state index contributed by atoms with van der Waals surface area (Å²) in [5.41, 5.74) is 1.53. The van der Waals surface area contributed by atoms with E-state index in [1.54, 1.807) is 7.11 Å². The van der Waals surface area contributed by atoms with Crippen LogP contribution in [-0.2, 0) is 9.53 Å². The van der Waals surface area contributed by atoms with Crippen LogP contribution in [0.1, 0.15) is 54.7 Å². The van der Waals surface area contributed by atoms with Crippen LogP contribution >= 0.6 is 11.3 Å². The third kappa shape index (κ3) is 3.43. The van der Waals surface area contributed by atoms with Gasteiger partial charge in [-0.1, -0.05) is 6.42 Å². The summed E-state index contributed by atoms with van der Waals surface area (Å²) in [4.78, 5) is 32.6. The number of carbonyl (C=O) groups is 2. The van der Waals surface area contributed by atoms with E-state index in [4.69, 9.17) is 4.74 Å². The molecule has 8 heteroatoms. The quantitative estimate of drug-likeness (QED) is 0.831. The van der Waals surface area contributed by atoms with Crippen LogP contribution in [0.4, 0.5) is 0 Å². The number of thiazole rings is 1. The van der Waals surface area contributed by atoms with Gasteiger partial charge in [-0.25, -0.2) is 4.98 Å². The highest BCUT2D eigenvalue weighted by Gasteiger charge is 2.46. The lowest BCUT2D eigenvalue weighted by Gasteiger charge is -2.43. The Morgan fingerprint density at radius 2 is 2.14 bits per heavy atom. The molecule has 2 aromatic heterocycles. The Hall–Kier alpha value is -1.93. The smallest absolute Gasteiger partial charge is 0.270 e. The number of aromatic nitrogens is 2. The number of imidazole rings is 1. The van der Waals surface area contributed by atoms with Crippen LogP contribution < -0.4 is 5.32 Å². The van der Waals surface area contributed by atoms with Gasteiger partial charge in [-0.05, 0) is 38.0 Å². The molecule has 28 heavy (non-hydrogen) atoms. The summed E-state index contributed by atoms with van der Waals surface area (Å²) in [6, 6.07) is 0.166. The van der Waals surface area contributed by atoms with Crippen molar-refractivity contribution < 1.29 is 14.3 Å². The zero-order chi connectivity index (χ0) is 19.7. The summed E-state index contributed by atoms with van der Waals surface area (Å²) < 4.78 is 6.91. The molecule has 1 saturated carbocycles. The third-order valence-corrected chi connectivity index (χ3v) is 7.25. The number of hydrogen-bond donors (Lipinski definition) is 1. The monoisotopic (exact) mass is 404 g/mol. The number of rotatable bonds is 5. The van der Waals surface area contributed by atoms with Gasteiger partial charge in [0.05, 0.1) is 18.7 Å². The zero-order valence-electron chi connectivity index (χ0n) is 16.6. The van der Waals surface area contributed by atoms with E-state index >= 15 is 0 Å². The molecule has 1 aliphatic heterocycles. The standard InChI is InChI=1S/C20H28N4O3S/c1-14-17(24-11-13-28-19(24)21-14)18(26)22-15-4-3-6-20(15)7-9-23(10-8-20)16(25)5-12-27-2/h11,13,15H,3-10,12H2,1-2H3,(H,22,26). The average Bonchev–Trinajstić information content (AvgIpc) is 3.35. The van der Waals surface area contributed by atoms with Crippen molar-refractivity contribution in [1.29, 1.82) is 0 Å². The largest absolute Gasteiger partial charge is 0.384 e. The van der Waals surface area contributed by atoms with Gasteiger partial charge in [0, 0.05) is 37.8 Å². The molecule has 2 fully saturated rings. The lowest BCUT2D eigenvalue weighted by atomic mass is 9.74. The van der Waals surface area contributed by atoms with Gasteiger partial charge in [0.1, 0.15) is 5.69 Å². The molecule has 1 atom stereocenters. The Bertz CT molecular complexity index is 866. The number of likely N-dealkylation sites (tertiary alicyclic amines) is 1. The molecule has 1 unspecified atom stereocenters. The summed E-state index contributed by atoms with van der Waals surface area (Å²) >= 11 is 1.54. The Morgan fingerprint density at radius 3 is 2.89 bits per heavy atom. The Kier molecular flexibility index (Phi) is 5.42. The van der Waals surface area contributed by atoms with Crippen LogP contribution in [0, 0.1) is 12.3 Å². The van der Waals surface area contributed by atoms with Crippen molar-refractivity contribution in [3.63, 3.8) is 0 Å². The second-order valence-corrected chi connectivity index (χ2v) is 8.88. The summed E-state index contributed by atoms with van der Waals surface area (Å²) in [7, 11) is 1.62. The van der Waals surface area contributed by atoms with Gasteiger partial charge in [-0.3, -0.25) is 14.0 Å². The van der Waals surface area contributed by atoms with Crippen molar-refractivity contribution in [2.24, 2.45) is 5.41 Å². The molecule has 2 aliphatic rings. The number of aryl methyl sites for hydroxylation is 1. The second-order valence-electron chi connectivity index (χ2n) is 8.01. The van der Waals surface area contributed by atoms with E-state index in [-0.39, 0.29) is 23.3 Å². The predicted molar refractivity (Wildman–Crippen MR) is 108 cm³/mol. The highest BCUT2D eigenvalue weighted by atomic mass is 32.1. The molecule has 1 N–H and O–H groups in total. The summed E-state index contributed by atoms with van der Waals surface area (Å²) in [5, 5.41) is 5.27. The fourth-order valence-electron chi connectivity index (χ4n) is 4.91.